The Labute approximate surface area is 478 Å². The minimum atomic E-state index is 0.529. The van der Waals surface area contributed by atoms with Gasteiger partial charge in [-0.05, 0) is 220 Å². The Kier molecular flexibility index (Phi) is 11.6. The highest BCUT2D eigenvalue weighted by atomic mass is 15.0. The Hall–Kier alpha value is -10.2. The van der Waals surface area contributed by atoms with Gasteiger partial charge in [0.2, 0.25) is 0 Å². The van der Waals surface area contributed by atoms with Gasteiger partial charge >= 0.3 is 0 Å². The predicted molar refractivity (Wildman–Crippen MR) is 343 cm³/mol. The summed E-state index contributed by atoms with van der Waals surface area (Å²) in [5, 5.41) is 29.6. The Bertz CT molecular complexity index is 4900. The van der Waals surface area contributed by atoms with Crippen molar-refractivity contribution in [2.75, 3.05) is 0 Å². The summed E-state index contributed by atoms with van der Waals surface area (Å²) in [4.78, 5) is 0. The summed E-state index contributed by atoms with van der Waals surface area (Å²) in [6.07, 6.45) is 0. The number of nitriles is 2. The SMILES string of the molecule is Cc1cc(C)c(-c2ccc3c(c2)c2ccccc2n3-c2ccc(C#N)cc2-c2cc(-n3c4ccccc4c4cc(-c5c(C)cc(C)cc5C)ccc43)c(C#N)c(-n3c4ccccc4c4cc(-c5c(C)cc(C)cc5C)ccc43)c2)c(C)c1. The molecule has 0 bridgehead atoms. The second kappa shape index (κ2) is 19.0. The third kappa shape index (κ3) is 7.73. The van der Waals surface area contributed by atoms with Crippen molar-refractivity contribution in [3.05, 3.63) is 255 Å². The summed E-state index contributed by atoms with van der Waals surface area (Å²) < 4.78 is 6.97. The molecule has 0 aliphatic heterocycles. The Balaban J connectivity index is 1.09. The molecule has 0 amide bonds. The minimum Gasteiger partial charge on any atom is -0.309 e. The molecule has 0 radical (unpaired) electrons. The Morgan fingerprint density at radius 3 is 0.951 bits per heavy atom. The fourth-order valence-corrected chi connectivity index (χ4v) is 14.3. The summed E-state index contributed by atoms with van der Waals surface area (Å²) in [6.45, 7) is 19.7. The first-order chi connectivity index (χ1) is 39.8. The molecule has 0 saturated heterocycles. The molecule has 0 unspecified atom stereocenters. The maximum Gasteiger partial charge on any atom is 0.104 e. The second-order valence-corrected chi connectivity index (χ2v) is 22.9. The Morgan fingerprint density at radius 1 is 0.280 bits per heavy atom. The molecule has 0 aliphatic carbocycles. The summed E-state index contributed by atoms with van der Waals surface area (Å²) >= 11 is 0. The first-order valence-corrected chi connectivity index (χ1v) is 28.3. The number of benzene rings is 11. The van der Waals surface area contributed by atoms with Crippen molar-refractivity contribution in [1.29, 1.82) is 10.5 Å². The van der Waals surface area contributed by atoms with Crippen LogP contribution in [0.25, 0.3) is 127 Å². The van der Waals surface area contributed by atoms with Crippen LogP contribution >= 0.6 is 0 Å². The van der Waals surface area contributed by atoms with Gasteiger partial charge in [-0.25, -0.2) is 0 Å². The van der Waals surface area contributed by atoms with E-state index < -0.39 is 0 Å². The highest BCUT2D eigenvalue weighted by Crippen LogP contribution is 2.46. The quantitative estimate of drug-likeness (QED) is 0.160. The molecule has 14 rings (SSSR count). The van der Waals surface area contributed by atoms with Crippen molar-refractivity contribution in [2.24, 2.45) is 0 Å². The third-order valence-electron chi connectivity index (χ3n) is 17.3. The van der Waals surface area contributed by atoms with Crippen LogP contribution in [0.1, 0.15) is 61.2 Å². The maximum atomic E-state index is 12.1. The van der Waals surface area contributed by atoms with Crippen LogP contribution < -0.4 is 0 Å². The predicted octanol–water partition coefficient (Wildman–Crippen LogP) is 20.2. The van der Waals surface area contributed by atoms with Crippen molar-refractivity contribution < 1.29 is 0 Å². The average Bonchev–Trinajstić information content (AvgIpc) is 2.36. The lowest BCUT2D eigenvalue weighted by Crippen LogP contribution is -2.06. The number of para-hydroxylation sites is 3. The maximum absolute atomic E-state index is 12.1. The summed E-state index contributed by atoms with van der Waals surface area (Å²) in [7, 11) is 0. The van der Waals surface area contributed by atoms with Gasteiger partial charge in [-0.1, -0.05) is 126 Å². The van der Waals surface area contributed by atoms with E-state index in [1.807, 2.05) is 12.1 Å². The average molecular weight is 1050 g/mol. The fourth-order valence-electron chi connectivity index (χ4n) is 14.3. The monoisotopic (exact) mass is 1050 g/mol. The number of aryl methyl sites for hydroxylation is 9. The van der Waals surface area contributed by atoms with E-state index in [4.69, 9.17) is 0 Å². The molecule has 392 valence electrons. The lowest BCUT2D eigenvalue weighted by molar-refractivity contribution is 1.12. The van der Waals surface area contributed by atoms with E-state index in [0.717, 1.165) is 105 Å². The molecule has 14 aromatic rings. The van der Waals surface area contributed by atoms with Gasteiger partial charge in [-0.3, -0.25) is 0 Å². The fraction of sp³-hybridized carbons (Fsp3) is 0.117. The largest absolute Gasteiger partial charge is 0.309 e. The molecule has 0 atom stereocenters. The summed E-state index contributed by atoms with van der Waals surface area (Å²) in [5.41, 5.74) is 29.7. The van der Waals surface area contributed by atoms with Crippen molar-refractivity contribution in [3.8, 4) is 73.7 Å². The van der Waals surface area contributed by atoms with Crippen LogP contribution in [-0.4, -0.2) is 13.7 Å². The standard InChI is InChI=1S/C77H59N5/c1-44-30-47(4)75(48(5)31-44)54-23-27-70-62(37-54)58-16-10-13-19-66(58)80(70)69-26-22-53(42-78)36-61(69)57-40-73(81-67-20-14-11-17-59(67)63-38-55(24-28-71(63)81)76-49(6)32-45(2)33-50(76)7)65(43-79)74(41-57)82-68-21-15-12-18-60(68)64-39-56(25-29-72(64)82)77-51(8)34-46(3)35-52(77)9/h10-41H,1-9H3. The molecule has 0 fully saturated rings. The molecule has 82 heavy (non-hydrogen) atoms. The zero-order valence-electron chi connectivity index (χ0n) is 47.7. The number of hydrogen-bond acceptors (Lipinski definition) is 2. The number of aromatic nitrogens is 3. The number of nitrogens with zero attached hydrogens (tertiary/aromatic N) is 5. The first-order valence-electron chi connectivity index (χ1n) is 28.3. The molecule has 0 saturated carbocycles. The zero-order chi connectivity index (χ0) is 56.4. The van der Waals surface area contributed by atoms with Crippen LogP contribution in [0.3, 0.4) is 0 Å². The topological polar surface area (TPSA) is 62.4 Å². The number of fused-ring (bicyclic) bond motifs is 9. The van der Waals surface area contributed by atoms with Crippen molar-refractivity contribution >= 4 is 65.4 Å². The van der Waals surface area contributed by atoms with Gasteiger partial charge in [0.05, 0.1) is 61.8 Å². The van der Waals surface area contributed by atoms with Crippen LogP contribution in [-0.2, 0) is 0 Å². The smallest absolute Gasteiger partial charge is 0.104 e. The van der Waals surface area contributed by atoms with Gasteiger partial charge in [0.1, 0.15) is 11.6 Å². The molecule has 3 aromatic heterocycles. The zero-order valence-corrected chi connectivity index (χ0v) is 47.7. The van der Waals surface area contributed by atoms with E-state index in [0.29, 0.717) is 11.1 Å². The van der Waals surface area contributed by atoms with Crippen molar-refractivity contribution in [3.63, 3.8) is 0 Å². The normalized spacial score (nSPS) is 11.7. The van der Waals surface area contributed by atoms with Crippen LogP contribution in [0.5, 0.6) is 0 Å². The first kappa shape index (κ1) is 50.0. The molecular weight excluding hydrogens is 995 g/mol. The molecule has 0 N–H and O–H groups in total. The van der Waals surface area contributed by atoms with Gasteiger partial charge in [-0.2, -0.15) is 10.5 Å². The molecule has 3 heterocycles. The Morgan fingerprint density at radius 2 is 0.610 bits per heavy atom. The van der Waals surface area contributed by atoms with E-state index in [1.165, 1.54) is 72.3 Å². The number of hydrogen-bond donors (Lipinski definition) is 0. The lowest BCUT2D eigenvalue weighted by atomic mass is 9.93. The van der Waals surface area contributed by atoms with Crippen molar-refractivity contribution in [2.45, 2.75) is 62.3 Å². The van der Waals surface area contributed by atoms with Crippen LogP contribution in [0.4, 0.5) is 0 Å². The van der Waals surface area contributed by atoms with E-state index in [9.17, 15) is 10.5 Å². The second-order valence-electron chi connectivity index (χ2n) is 22.9. The molecule has 0 aliphatic rings. The van der Waals surface area contributed by atoms with Gasteiger partial charge in [0, 0.05) is 37.9 Å². The molecule has 11 aromatic carbocycles. The number of rotatable bonds is 7. The minimum absolute atomic E-state index is 0.529. The molecule has 5 heteroatoms. The van der Waals surface area contributed by atoms with E-state index >= 15 is 0 Å². The van der Waals surface area contributed by atoms with Crippen LogP contribution in [0.2, 0.25) is 0 Å². The molecule has 0 spiro atoms. The van der Waals surface area contributed by atoms with Gasteiger partial charge < -0.3 is 13.7 Å². The van der Waals surface area contributed by atoms with E-state index in [1.54, 1.807) is 0 Å². The highest BCUT2D eigenvalue weighted by Gasteiger charge is 2.26. The van der Waals surface area contributed by atoms with Gasteiger partial charge in [0.15, 0.2) is 0 Å². The van der Waals surface area contributed by atoms with Gasteiger partial charge in [0.25, 0.3) is 0 Å². The molecular formula is C77H59N5. The summed E-state index contributed by atoms with van der Waals surface area (Å²) in [6, 6.07) is 75.7. The van der Waals surface area contributed by atoms with Crippen LogP contribution in [0.15, 0.2) is 194 Å². The third-order valence-corrected chi connectivity index (χ3v) is 17.3. The lowest BCUT2D eigenvalue weighted by Gasteiger charge is -2.20. The van der Waals surface area contributed by atoms with Crippen LogP contribution in [0, 0.1) is 85.0 Å². The summed E-state index contributed by atoms with van der Waals surface area (Å²) in [5.74, 6) is 0. The molecule has 5 nitrogen and oxygen atoms in total. The van der Waals surface area contributed by atoms with E-state index in [2.05, 4.69) is 270 Å². The van der Waals surface area contributed by atoms with Gasteiger partial charge in [-0.15, -0.1) is 0 Å². The van der Waals surface area contributed by atoms with Crippen molar-refractivity contribution in [1.82, 2.24) is 13.7 Å². The highest BCUT2D eigenvalue weighted by molar-refractivity contribution is 6.14. The van der Waals surface area contributed by atoms with E-state index in [-0.39, 0.29) is 0 Å².